The molecule has 3 aromatic rings. The second-order valence-electron chi connectivity index (χ2n) is 6.37. The van der Waals surface area contributed by atoms with E-state index in [2.05, 4.69) is 20.2 Å². The van der Waals surface area contributed by atoms with Crippen molar-refractivity contribution in [3.8, 4) is 11.4 Å². The number of carbonyl (C=O) groups excluding carboxylic acids is 1. The van der Waals surface area contributed by atoms with Crippen molar-refractivity contribution in [2.24, 2.45) is 7.05 Å². The van der Waals surface area contributed by atoms with Crippen molar-refractivity contribution in [1.29, 1.82) is 0 Å². The molecular formula is C18H20N6O. The van der Waals surface area contributed by atoms with Gasteiger partial charge in [0.1, 0.15) is 17.2 Å². The zero-order valence-electron chi connectivity index (χ0n) is 14.1. The highest BCUT2D eigenvalue weighted by molar-refractivity contribution is 5.93. The Morgan fingerprint density at radius 3 is 2.92 bits per heavy atom. The molecule has 1 atom stereocenters. The number of aryl methyl sites for hydroxylation is 1. The first kappa shape index (κ1) is 15.6. The number of hydrogen-bond acceptors (Lipinski definition) is 4. The van der Waals surface area contributed by atoms with Crippen molar-refractivity contribution < 1.29 is 4.79 Å². The predicted octanol–water partition coefficient (Wildman–Crippen LogP) is 2.23. The number of imidazole rings is 1. The lowest BCUT2D eigenvalue weighted by Crippen LogP contribution is -2.39. The molecule has 3 aromatic heterocycles. The molecule has 0 unspecified atom stereocenters. The van der Waals surface area contributed by atoms with Gasteiger partial charge in [0.25, 0.3) is 5.91 Å². The number of likely N-dealkylation sites (tertiary alicyclic amines) is 1. The van der Waals surface area contributed by atoms with Crippen molar-refractivity contribution in [3.05, 3.63) is 54.4 Å². The highest BCUT2D eigenvalue weighted by Gasteiger charge is 2.28. The maximum Gasteiger partial charge on any atom is 0.271 e. The third-order valence-electron chi connectivity index (χ3n) is 4.67. The van der Waals surface area contributed by atoms with Gasteiger partial charge in [-0.25, -0.2) is 4.98 Å². The minimum Gasteiger partial charge on any atom is -0.338 e. The standard InChI is InChI=1S/C18H20N6O/c1-23-10-8-20-17(23)13-5-4-9-24(12-13)18(25)16-11-15(21-22-16)14-6-2-3-7-19-14/h2-3,6-8,10-11,13H,4-5,9,12H2,1H3,(H,21,22)/t13-/m1/s1. The van der Waals surface area contributed by atoms with Gasteiger partial charge in [-0.15, -0.1) is 0 Å². The van der Waals surface area contributed by atoms with E-state index in [0.29, 0.717) is 17.9 Å². The summed E-state index contributed by atoms with van der Waals surface area (Å²) in [4.78, 5) is 23.5. The summed E-state index contributed by atoms with van der Waals surface area (Å²) in [5, 5.41) is 7.09. The van der Waals surface area contributed by atoms with Gasteiger partial charge in [0.2, 0.25) is 0 Å². The highest BCUT2D eigenvalue weighted by atomic mass is 16.2. The van der Waals surface area contributed by atoms with E-state index in [0.717, 1.165) is 30.9 Å². The molecular weight excluding hydrogens is 316 g/mol. The summed E-state index contributed by atoms with van der Waals surface area (Å²) in [5.74, 6) is 1.29. The molecule has 0 spiro atoms. The number of aromatic amines is 1. The van der Waals surface area contributed by atoms with Gasteiger partial charge >= 0.3 is 0 Å². The number of pyridine rings is 1. The first-order chi connectivity index (χ1) is 12.2. The third kappa shape index (κ3) is 3.05. The van der Waals surface area contributed by atoms with E-state index in [-0.39, 0.29) is 11.8 Å². The summed E-state index contributed by atoms with van der Waals surface area (Å²) in [7, 11) is 2.00. The second-order valence-corrected chi connectivity index (χ2v) is 6.37. The first-order valence-electron chi connectivity index (χ1n) is 8.45. The van der Waals surface area contributed by atoms with E-state index >= 15 is 0 Å². The number of H-pyrrole nitrogens is 1. The molecule has 0 saturated carbocycles. The Morgan fingerprint density at radius 2 is 2.16 bits per heavy atom. The molecule has 4 rings (SSSR count). The van der Waals surface area contributed by atoms with Gasteiger partial charge in [-0.2, -0.15) is 5.10 Å². The number of aromatic nitrogens is 5. The van der Waals surface area contributed by atoms with Crippen molar-refractivity contribution in [1.82, 2.24) is 29.6 Å². The van der Waals surface area contributed by atoms with Crippen LogP contribution in [0.2, 0.25) is 0 Å². The Kier molecular flexibility index (Phi) is 4.05. The molecule has 1 N–H and O–H groups in total. The Hall–Kier alpha value is -2.96. The molecule has 0 radical (unpaired) electrons. The quantitative estimate of drug-likeness (QED) is 0.795. The van der Waals surface area contributed by atoms with Gasteiger partial charge in [-0.1, -0.05) is 6.07 Å². The SMILES string of the molecule is Cn1ccnc1[C@@H]1CCCN(C(=O)c2cc(-c3ccccn3)n[nH]2)C1. The molecule has 1 aliphatic rings. The van der Waals surface area contributed by atoms with Crippen LogP contribution < -0.4 is 0 Å². The van der Waals surface area contributed by atoms with Gasteiger partial charge in [0.15, 0.2) is 0 Å². The minimum absolute atomic E-state index is 0.0198. The van der Waals surface area contributed by atoms with Crippen molar-refractivity contribution in [3.63, 3.8) is 0 Å². The molecule has 0 aromatic carbocycles. The fourth-order valence-corrected chi connectivity index (χ4v) is 3.39. The average Bonchev–Trinajstić information content (AvgIpc) is 3.31. The van der Waals surface area contributed by atoms with Crippen LogP contribution in [0.1, 0.15) is 35.1 Å². The van der Waals surface area contributed by atoms with Gasteiger partial charge < -0.3 is 9.47 Å². The zero-order chi connectivity index (χ0) is 17.2. The molecule has 0 aliphatic carbocycles. The Balaban J connectivity index is 1.51. The molecule has 0 bridgehead atoms. The van der Waals surface area contributed by atoms with E-state index in [1.807, 2.05) is 47.1 Å². The van der Waals surface area contributed by atoms with Gasteiger partial charge in [-0.05, 0) is 31.0 Å². The third-order valence-corrected chi connectivity index (χ3v) is 4.67. The number of amides is 1. The average molecular weight is 336 g/mol. The molecule has 25 heavy (non-hydrogen) atoms. The molecule has 1 fully saturated rings. The molecule has 128 valence electrons. The van der Waals surface area contributed by atoms with Crippen LogP contribution in [-0.2, 0) is 7.05 Å². The fraction of sp³-hybridized carbons (Fsp3) is 0.333. The molecule has 7 heteroatoms. The van der Waals surface area contributed by atoms with Crippen molar-refractivity contribution >= 4 is 5.91 Å². The van der Waals surface area contributed by atoms with E-state index < -0.39 is 0 Å². The van der Waals surface area contributed by atoms with Crippen LogP contribution in [0.15, 0.2) is 42.9 Å². The lowest BCUT2D eigenvalue weighted by Gasteiger charge is -2.32. The smallest absolute Gasteiger partial charge is 0.271 e. The lowest BCUT2D eigenvalue weighted by atomic mass is 9.97. The topological polar surface area (TPSA) is 79.7 Å². The second kappa shape index (κ2) is 6.51. The Morgan fingerprint density at radius 1 is 1.24 bits per heavy atom. The summed E-state index contributed by atoms with van der Waals surface area (Å²) in [6.07, 6.45) is 7.50. The summed E-state index contributed by atoms with van der Waals surface area (Å²) in [6, 6.07) is 7.41. The monoisotopic (exact) mass is 336 g/mol. The first-order valence-corrected chi connectivity index (χ1v) is 8.45. The van der Waals surface area contributed by atoms with E-state index in [4.69, 9.17) is 0 Å². The number of nitrogens with one attached hydrogen (secondary N) is 1. The van der Waals surface area contributed by atoms with Gasteiger partial charge in [0.05, 0.1) is 5.69 Å². The Bertz CT molecular complexity index is 869. The van der Waals surface area contributed by atoms with Gasteiger partial charge in [-0.3, -0.25) is 14.9 Å². The molecule has 1 amide bonds. The number of carbonyl (C=O) groups is 1. The van der Waals surface area contributed by atoms with Gasteiger partial charge in [0, 0.05) is 44.6 Å². The maximum atomic E-state index is 12.9. The highest BCUT2D eigenvalue weighted by Crippen LogP contribution is 2.26. The number of piperidine rings is 1. The lowest BCUT2D eigenvalue weighted by molar-refractivity contribution is 0.0697. The summed E-state index contributed by atoms with van der Waals surface area (Å²) >= 11 is 0. The molecule has 1 saturated heterocycles. The van der Waals surface area contributed by atoms with Crippen LogP contribution in [0.5, 0.6) is 0 Å². The van der Waals surface area contributed by atoms with E-state index in [1.54, 1.807) is 12.3 Å². The predicted molar refractivity (Wildman–Crippen MR) is 92.9 cm³/mol. The van der Waals surface area contributed by atoms with Crippen LogP contribution >= 0.6 is 0 Å². The molecule has 7 nitrogen and oxygen atoms in total. The largest absolute Gasteiger partial charge is 0.338 e. The summed E-state index contributed by atoms with van der Waals surface area (Å²) in [5.41, 5.74) is 1.94. The van der Waals surface area contributed by atoms with Crippen LogP contribution in [0.4, 0.5) is 0 Å². The minimum atomic E-state index is -0.0198. The molecule has 4 heterocycles. The number of nitrogens with zero attached hydrogens (tertiary/aromatic N) is 5. The van der Waals surface area contributed by atoms with Crippen LogP contribution in [0.25, 0.3) is 11.4 Å². The Labute approximate surface area is 145 Å². The summed E-state index contributed by atoms with van der Waals surface area (Å²) in [6.45, 7) is 1.44. The zero-order valence-corrected chi connectivity index (χ0v) is 14.1. The number of rotatable bonds is 3. The fourth-order valence-electron chi connectivity index (χ4n) is 3.39. The van der Waals surface area contributed by atoms with Crippen LogP contribution in [0, 0.1) is 0 Å². The maximum absolute atomic E-state index is 12.9. The van der Waals surface area contributed by atoms with Crippen molar-refractivity contribution in [2.75, 3.05) is 13.1 Å². The number of hydrogen-bond donors (Lipinski definition) is 1. The van der Waals surface area contributed by atoms with E-state index in [9.17, 15) is 4.79 Å². The van der Waals surface area contributed by atoms with Crippen LogP contribution in [0.3, 0.4) is 0 Å². The van der Waals surface area contributed by atoms with E-state index in [1.165, 1.54) is 0 Å². The van der Waals surface area contributed by atoms with Crippen molar-refractivity contribution in [2.45, 2.75) is 18.8 Å². The molecule has 1 aliphatic heterocycles. The normalized spacial score (nSPS) is 17.6. The summed E-state index contributed by atoms with van der Waals surface area (Å²) < 4.78 is 2.04. The van der Waals surface area contributed by atoms with Crippen LogP contribution in [-0.4, -0.2) is 48.6 Å².